The standard InChI is InChI=1S/C19H17N3O4S/c1-3-22-18(24)16(20-13-9-10-27-17(13)19(25)26)14(11(2)23)15(21-22)12-7-5-4-6-8-12/h4-10,20H,3H2,1-2H3,(H,25,26). The van der Waals surface area contributed by atoms with E-state index in [1.54, 1.807) is 30.5 Å². The van der Waals surface area contributed by atoms with E-state index in [9.17, 15) is 19.5 Å². The molecule has 2 heterocycles. The summed E-state index contributed by atoms with van der Waals surface area (Å²) in [6.07, 6.45) is 0. The molecule has 0 saturated heterocycles. The lowest BCUT2D eigenvalue weighted by molar-refractivity contribution is 0.0703. The highest BCUT2D eigenvalue weighted by Gasteiger charge is 2.23. The number of carboxylic acids is 1. The quantitative estimate of drug-likeness (QED) is 0.630. The van der Waals surface area contributed by atoms with Gasteiger partial charge in [-0.3, -0.25) is 9.59 Å². The van der Waals surface area contributed by atoms with Gasteiger partial charge >= 0.3 is 5.97 Å². The molecule has 0 bridgehead atoms. The molecular weight excluding hydrogens is 366 g/mol. The number of nitrogens with zero attached hydrogens (tertiary/aromatic N) is 2. The predicted molar refractivity (Wildman–Crippen MR) is 104 cm³/mol. The first-order valence-electron chi connectivity index (χ1n) is 8.23. The Morgan fingerprint density at radius 2 is 1.93 bits per heavy atom. The van der Waals surface area contributed by atoms with Crippen molar-refractivity contribution in [3.63, 3.8) is 0 Å². The molecular formula is C19H17N3O4S. The highest BCUT2D eigenvalue weighted by Crippen LogP contribution is 2.30. The third-order valence-corrected chi connectivity index (χ3v) is 4.88. The van der Waals surface area contributed by atoms with E-state index in [1.165, 1.54) is 11.6 Å². The van der Waals surface area contributed by atoms with Gasteiger partial charge in [-0.15, -0.1) is 11.3 Å². The van der Waals surface area contributed by atoms with Crippen LogP contribution >= 0.6 is 11.3 Å². The van der Waals surface area contributed by atoms with Crippen LogP contribution in [0.25, 0.3) is 11.3 Å². The van der Waals surface area contributed by atoms with Gasteiger partial charge in [0.15, 0.2) is 5.78 Å². The average molecular weight is 383 g/mol. The Kier molecular flexibility index (Phi) is 5.18. The first kappa shape index (κ1) is 18.5. The van der Waals surface area contributed by atoms with E-state index >= 15 is 0 Å². The summed E-state index contributed by atoms with van der Waals surface area (Å²) in [6, 6.07) is 10.6. The summed E-state index contributed by atoms with van der Waals surface area (Å²) in [7, 11) is 0. The third-order valence-electron chi connectivity index (χ3n) is 3.97. The molecule has 0 aliphatic rings. The smallest absolute Gasteiger partial charge is 0.348 e. The van der Waals surface area contributed by atoms with Gasteiger partial charge in [-0.25, -0.2) is 9.48 Å². The molecule has 2 N–H and O–H groups in total. The summed E-state index contributed by atoms with van der Waals surface area (Å²) in [6.45, 7) is 3.44. The number of anilines is 2. The van der Waals surface area contributed by atoms with Gasteiger partial charge in [0.25, 0.3) is 5.56 Å². The summed E-state index contributed by atoms with van der Waals surface area (Å²) < 4.78 is 1.25. The van der Waals surface area contributed by atoms with Crippen LogP contribution in [-0.4, -0.2) is 26.6 Å². The Hall–Kier alpha value is -3.26. The topological polar surface area (TPSA) is 101 Å². The molecule has 7 nitrogen and oxygen atoms in total. The van der Waals surface area contributed by atoms with Crippen LogP contribution in [-0.2, 0) is 6.54 Å². The van der Waals surface area contributed by atoms with E-state index in [4.69, 9.17) is 0 Å². The van der Waals surface area contributed by atoms with Gasteiger partial charge in [-0.05, 0) is 25.3 Å². The number of carbonyl (C=O) groups is 2. The van der Waals surface area contributed by atoms with Crippen LogP contribution in [0.2, 0.25) is 0 Å². The number of hydrogen-bond acceptors (Lipinski definition) is 6. The molecule has 0 unspecified atom stereocenters. The molecule has 0 aliphatic heterocycles. The summed E-state index contributed by atoms with van der Waals surface area (Å²) in [5.41, 5.74) is 1.01. The molecule has 3 aromatic rings. The van der Waals surface area contributed by atoms with Crippen molar-refractivity contribution in [2.45, 2.75) is 20.4 Å². The van der Waals surface area contributed by atoms with Crippen molar-refractivity contribution < 1.29 is 14.7 Å². The van der Waals surface area contributed by atoms with Gasteiger partial charge < -0.3 is 10.4 Å². The first-order chi connectivity index (χ1) is 12.9. The van der Waals surface area contributed by atoms with Gasteiger partial charge in [-0.1, -0.05) is 30.3 Å². The predicted octanol–water partition coefficient (Wildman–Crippen LogP) is 3.64. The van der Waals surface area contributed by atoms with Crippen LogP contribution in [0.15, 0.2) is 46.6 Å². The summed E-state index contributed by atoms with van der Waals surface area (Å²) in [5.74, 6) is -1.44. The third kappa shape index (κ3) is 3.52. The number of aromatic carboxylic acids is 1. The molecule has 0 radical (unpaired) electrons. The van der Waals surface area contributed by atoms with Crippen LogP contribution in [0.3, 0.4) is 0 Å². The number of hydrogen-bond donors (Lipinski definition) is 2. The van der Waals surface area contributed by atoms with E-state index in [-0.39, 0.29) is 27.6 Å². The zero-order valence-electron chi connectivity index (χ0n) is 14.7. The fourth-order valence-corrected chi connectivity index (χ4v) is 3.44. The Morgan fingerprint density at radius 3 is 2.52 bits per heavy atom. The number of carbonyl (C=O) groups excluding carboxylic acids is 1. The molecule has 2 aromatic heterocycles. The normalized spacial score (nSPS) is 10.6. The van der Waals surface area contributed by atoms with Crippen LogP contribution in [0.1, 0.15) is 33.9 Å². The minimum Gasteiger partial charge on any atom is -0.477 e. The number of benzene rings is 1. The largest absolute Gasteiger partial charge is 0.477 e. The van der Waals surface area contributed by atoms with Gasteiger partial charge in [0.05, 0.1) is 11.3 Å². The Labute approximate surface area is 158 Å². The van der Waals surface area contributed by atoms with Crippen molar-refractivity contribution in [1.29, 1.82) is 0 Å². The summed E-state index contributed by atoms with van der Waals surface area (Å²) >= 11 is 1.04. The number of aryl methyl sites for hydroxylation is 1. The zero-order valence-corrected chi connectivity index (χ0v) is 15.5. The van der Waals surface area contributed by atoms with E-state index in [0.29, 0.717) is 17.8 Å². The van der Waals surface area contributed by atoms with Crippen molar-refractivity contribution in [1.82, 2.24) is 9.78 Å². The average Bonchev–Trinajstić information content (AvgIpc) is 3.12. The minimum absolute atomic E-state index is 0.0269. The molecule has 0 amide bonds. The van der Waals surface area contributed by atoms with Crippen molar-refractivity contribution in [3.8, 4) is 11.3 Å². The maximum Gasteiger partial charge on any atom is 0.348 e. The monoisotopic (exact) mass is 383 g/mol. The van der Waals surface area contributed by atoms with E-state index < -0.39 is 11.5 Å². The number of nitrogens with one attached hydrogen (secondary N) is 1. The molecule has 0 fully saturated rings. The molecule has 0 spiro atoms. The second-order valence-corrected chi connectivity index (χ2v) is 6.65. The van der Waals surface area contributed by atoms with Crippen LogP contribution in [0.5, 0.6) is 0 Å². The number of ketones is 1. The zero-order chi connectivity index (χ0) is 19.6. The number of aromatic nitrogens is 2. The van der Waals surface area contributed by atoms with E-state index in [1.807, 2.05) is 18.2 Å². The fourth-order valence-electron chi connectivity index (χ4n) is 2.75. The molecule has 0 aliphatic carbocycles. The molecule has 8 heteroatoms. The van der Waals surface area contributed by atoms with Gasteiger partial charge in [-0.2, -0.15) is 5.10 Å². The van der Waals surface area contributed by atoms with E-state index in [2.05, 4.69) is 10.4 Å². The highest BCUT2D eigenvalue weighted by atomic mass is 32.1. The lowest BCUT2D eigenvalue weighted by atomic mass is 10.0. The van der Waals surface area contributed by atoms with Gasteiger partial charge in [0.2, 0.25) is 0 Å². The molecule has 138 valence electrons. The Bertz CT molecular complexity index is 1070. The number of thiophene rings is 1. The van der Waals surface area contributed by atoms with Gasteiger partial charge in [0.1, 0.15) is 16.3 Å². The first-order valence-corrected chi connectivity index (χ1v) is 9.11. The van der Waals surface area contributed by atoms with E-state index in [0.717, 1.165) is 11.3 Å². The van der Waals surface area contributed by atoms with Crippen LogP contribution in [0.4, 0.5) is 11.4 Å². The van der Waals surface area contributed by atoms with Crippen molar-refractivity contribution in [2.24, 2.45) is 0 Å². The number of Topliss-reactive ketones (excluding diaryl/α,β-unsaturated/α-hetero) is 1. The second kappa shape index (κ2) is 7.55. The SMILES string of the molecule is CCn1nc(-c2ccccc2)c(C(C)=O)c(Nc2ccsc2C(=O)O)c1=O. The molecule has 27 heavy (non-hydrogen) atoms. The second-order valence-electron chi connectivity index (χ2n) is 5.74. The van der Waals surface area contributed by atoms with Crippen molar-refractivity contribution >= 4 is 34.5 Å². The summed E-state index contributed by atoms with van der Waals surface area (Å²) in [4.78, 5) is 36.7. The summed E-state index contributed by atoms with van der Waals surface area (Å²) in [5, 5.41) is 18.2. The fraction of sp³-hybridized carbons (Fsp3) is 0.158. The Morgan fingerprint density at radius 1 is 1.22 bits per heavy atom. The van der Waals surface area contributed by atoms with Crippen LogP contribution < -0.4 is 10.9 Å². The minimum atomic E-state index is -1.11. The number of rotatable bonds is 6. The van der Waals surface area contributed by atoms with Crippen molar-refractivity contribution in [3.05, 3.63) is 62.6 Å². The van der Waals surface area contributed by atoms with Gasteiger partial charge in [0, 0.05) is 12.1 Å². The molecule has 0 atom stereocenters. The molecule has 0 saturated carbocycles. The Balaban J connectivity index is 2.28. The lowest BCUT2D eigenvalue weighted by Gasteiger charge is -2.16. The van der Waals surface area contributed by atoms with Crippen molar-refractivity contribution in [2.75, 3.05) is 5.32 Å². The maximum absolute atomic E-state index is 12.9. The highest BCUT2D eigenvalue weighted by molar-refractivity contribution is 7.12. The molecule has 1 aromatic carbocycles. The number of carboxylic acid groups (broad SMARTS) is 1. The molecule has 3 rings (SSSR count). The maximum atomic E-state index is 12.9. The lowest BCUT2D eigenvalue weighted by Crippen LogP contribution is -2.28. The van der Waals surface area contributed by atoms with Crippen LogP contribution in [0, 0.1) is 0 Å².